The van der Waals surface area contributed by atoms with E-state index in [1.54, 1.807) is 30.3 Å². The Morgan fingerprint density at radius 2 is 1.56 bits per heavy atom. The fourth-order valence-electron chi connectivity index (χ4n) is 3.20. The third-order valence-electron chi connectivity index (χ3n) is 5.08. The van der Waals surface area contributed by atoms with Gasteiger partial charge in [0.25, 0.3) is 0 Å². The minimum atomic E-state index is -1.29. The molecule has 14 heteroatoms. The lowest BCUT2D eigenvalue weighted by atomic mass is 10.0. The number of carboxylic acid groups (broad SMARTS) is 1. The summed E-state index contributed by atoms with van der Waals surface area (Å²) in [5.41, 5.74) is 12.0. The van der Waals surface area contributed by atoms with Gasteiger partial charge in [0.1, 0.15) is 18.1 Å². The number of primary amides is 1. The maximum atomic E-state index is 13.1. The number of aromatic nitrogens is 2. The summed E-state index contributed by atoms with van der Waals surface area (Å²) in [5.74, 6) is -4.49. The highest BCUT2D eigenvalue weighted by Gasteiger charge is 2.30. The summed E-state index contributed by atoms with van der Waals surface area (Å²) in [7, 11) is 0. The molecule has 0 aliphatic heterocycles. The Kier molecular flexibility index (Phi) is 10.9. The van der Waals surface area contributed by atoms with Gasteiger partial charge in [-0.15, -0.1) is 0 Å². The van der Waals surface area contributed by atoms with Gasteiger partial charge in [0.2, 0.25) is 23.6 Å². The number of benzene rings is 1. The average molecular weight is 520 g/mol. The number of rotatable bonds is 14. The molecule has 0 aliphatic rings. The van der Waals surface area contributed by atoms with Crippen LogP contribution in [-0.4, -0.2) is 74.6 Å². The van der Waals surface area contributed by atoms with Gasteiger partial charge < -0.3 is 37.5 Å². The quantitative estimate of drug-likeness (QED) is 0.128. The summed E-state index contributed by atoms with van der Waals surface area (Å²) in [5, 5.41) is 16.8. The largest absolute Gasteiger partial charge is 0.480 e. The second-order valence-electron chi connectivity index (χ2n) is 7.95. The summed E-state index contributed by atoms with van der Waals surface area (Å²) in [6, 6.07) is 3.84. The molecule has 0 bridgehead atoms. The van der Waals surface area contributed by atoms with Crippen molar-refractivity contribution in [1.82, 2.24) is 25.9 Å². The molecule has 4 atom stereocenters. The molecule has 2 aromatic rings. The van der Waals surface area contributed by atoms with Crippen molar-refractivity contribution in [2.24, 2.45) is 11.5 Å². The van der Waals surface area contributed by atoms with Crippen molar-refractivity contribution in [2.75, 3.05) is 5.75 Å². The number of hydrogen-bond acceptors (Lipinski definition) is 8. The summed E-state index contributed by atoms with van der Waals surface area (Å²) in [6.45, 7) is 0. The van der Waals surface area contributed by atoms with E-state index in [9.17, 15) is 29.1 Å². The number of aliphatic carboxylic acids is 1. The predicted octanol–water partition coefficient (Wildman–Crippen LogP) is -2.13. The van der Waals surface area contributed by atoms with Crippen LogP contribution in [0.5, 0.6) is 0 Å². The van der Waals surface area contributed by atoms with E-state index < -0.39 is 60.2 Å². The lowest BCUT2D eigenvalue weighted by molar-refractivity contribution is -0.142. The molecule has 36 heavy (non-hydrogen) atoms. The first-order valence-electron chi connectivity index (χ1n) is 10.9. The smallest absolute Gasteiger partial charge is 0.326 e. The van der Waals surface area contributed by atoms with Crippen LogP contribution >= 0.6 is 12.6 Å². The normalized spacial score (nSPS) is 14.1. The van der Waals surface area contributed by atoms with Gasteiger partial charge >= 0.3 is 5.97 Å². The summed E-state index contributed by atoms with van der Waals surface area (Å²) < 4.78 is 0. The molecule has 1 aromatic carbocycles. The van der Waals surface area contributed by atoms with E-state index in [0.717, 1.165) is 0 Å². The Bertz CT molecular complexity index is 1050. The molecular formula is C22H29N7O6S. The lowest BCUT2D eigenvalue weighted by Crippen LogP contribution is -2.58. The van der Waals surface area contributed by atoms with Crippen LogP contribution in [0, 0.1) is 0 Å². The van der Waals surface area contributed by atoms with Crippen LogP contribution in [-0.2, 0) is 36.8 Å². The Morgan fingerprint density at radius 3 is 2.11 bits per heavy atom. The second-order valence-corrected chi connectivity index (χ2v) is 8.32. The Labute approximate surface area is 212 Å². The van der Waals surface area contributed by atoms with Crippen LogP contribution in [0.2, 0.25) is 0 Å². The number of nitrogens with zero attached hydrogens (tertiary/aromatic N) is 1. The van der Waals surface area contributed by atoms with Crippen molar-refractivity contribution in [3.63, 3.8) is 0 Å². The van der Waals surface area contributed by atoms with E-state index in [1.807, 2.05) is 0 Å². The van der Waals surface area contributed by atoms with Crippen LogP contribution in [0.4, 0.5) is 0 Å². The Morgan fingerprint density at radius 1 is 0.944 bits per heavy atom. The second kappa shape index (κ2) is 13.8. The fourth-order valence-corrected chi connectivity index (χ4v) is 3.46. The third kappa shape index (κ3) is 9.03. The molecule has 0 aliphatic carbocycles. The number of thiol groups is 1. The fraction of sp³-hybridized carbons (Fsp3) is 0.364. The van der Waals surface area contributed by atoms with E-state index in [0.29, 0.717) is 11.3 Å². The topological polar surface area (TPSA) is 222 Å². The van der Waals surface area contributed by atoms with Gasteiger partial charge in [-0.1, -0.05) is 30.3 Å². The first kappa shape index (κ1) is 28.3. The van der Waals surface area contributed by atoms with Gasteiger partial charge in [-0.25, -0.2) is 9.78 Å². The van der Waals surface area contributed by atoms with Crippen LogP contribution < -0.4 is 27.4 Å². The summed E-state index contributed by atoms with van der Waals surface area (Å²) in [6.07, 6.45) is 2.39. The molecule has 4 unspecified atom stereocenters. The van der Waals surface area contributed by atoms with Crippen LogP contribution in [0.3, 0.4) is 0 Å². The number of nitrogens with one attached hydrogen (secondary N) is 4. The first-order chi connectivity index (χ1) is 17.1. The highest BCUT2D eigenvalue weighted by Crippen LogP contribution is 2.06. The monoisotopic (exact) mass is 519 g/mol. The number of nitrogens with two attached hydrogens (primary N) is 2. The van der Waals surface area contributed by atoms with Gasteiger partial charge in [-0.2, -0.15) is 12.6 Å². The molecule has 0 spiro atoms. The van der Waals surface area contributed by atoms with Gasteiger partial charge in [0, 0.05) is 30.5 Å². The van der Waals surface area contributed by atoms with Crippen LogP contribution in [0.25, 0.3) is 0 Å². The van der Waals surface area contributed by atoms with Crippen molar-refractivity contribution in [3.05, 3.63) is 54.1 Å². The summed E-state index contributed by atoms with van der Waals surface area (Å²) in [4.78, 5) is 67.6. The van der Waals surface area contributed by atoms with Crippen molar-refractivity contribution in [1.29, 1.82) is 0 Å². The van der Waals surface area contributed by atoms with E-state index >= 15 is 0 Å². The molecule has 0 fully saturated rings. The molecule has 1 aromatic heterocycles. The van der Waals surface area contributed by atoms with Crippen molar-refractivity contribution >= 4 is 42.2 Å². The predicted molar refractivity (Wildman–Crippen MR) is 132 cm³/mol. The molecule has 0 radical (unpaired) electrons. The van der Waals surface area contributed by atoms with E-state index in [-0.39, 0.29) is 18.6 Å². The number of H-pyrrole nitrogens is 1. The number of carbonyl (C=O) groups excluding carboxylic acids is 4. The van der Waals surface area contributed by atoms with E-state index in [2.05, 4.69) is 38.5 Å². The van der Waals surface area contributed by atoms with Crippen molar-refractivity contribution in [3.8, 4) is 0 Å². The molecule has 194 valence electrons. The van der Waals surface area contributed by atoms with Crippen LogP contribution in [0.15, 0.2) is 42.9 Å². The third-order valence-corrected chi connectivity index (χ3v) is 5.45. The highest BCUT2D eigenvalue weighted by molar-refractivity contribution is 7.80. The molecule has 2 rings (SSSR count). The number of carbonyl (C=O) groups is 5. The SMILES string of the molecule is NC(=O)CC(N)C(=O)NC(Cc1ccccc1)C(=O)NC(CS)C(=O)NC(Cc1cnc[nH]1)C(=O)O. The van der Waals surface area contributed by atoms with Gasteiger partial charge in [0.05, 0.1) is 18.8 Å². The lowest BCUT2D eigenvalue weighted by Gasteiger charge is -2.24. The molecule has 13 nitrogen and oxygen atoms in total. The zero-order valence-corrected chi connectivity index (χ0v) is 20.1. The Balaban J connectivity index is 2.12. The van der Waals surface area contributed by atoms with Crippen molar-refractivity contribution in [2.45, 2.75) is 43.4 Å². The highest BCUT2D eigenvalue weighted by atomic mass is 32.1. The number of amides is 4. The standard InChI is InChI=1S/C22H29N7O6S/c23-14(8-18(24)30)19(31)27-15(6-12-4-2-1-3-5-12)20(32)29-17(10-36)21(33)28-16(22(34)35)7-13-9-25-11-26-13/h1-5,9,11,14-17,36H,6-8,10,23H2,(H2,24,30)(H,25,26)(H,27,31)(H,28,33)(H,29,32)(H,34,35). The first-order valence-corrected chi connectivity index (χ1v) is 11.5. The minimum Gasteiger partial charge on any atom is -0.480 e. The van der Waals surface area contributed by atoms with E-state index in [4.69, 9.17) is 11.5 Å². The van der Waals surface area contributed by atoms with Gasteiger partial charge in [-0.05, 0) is 5.56 Å². The minimum absolute atomic E-state index is 0.0557. The molecule has 0 saturated carbocycles. The number of hydrogen-bond donors (Lipinski definition) is 8. The molecule has 0 saturated heterocycles. The zero-order valence-electron chi connectivity index (χ0n) is 19.2. The number of aromatic amines is 1. The van der Waals surface area contributed by atoms with Crippen molar-refractivity contribution < 1.29 is 29.1 Å². The van der Waals surface area contributed by atoms with Gasteiger partial charge in [0.15, 0.2) is 0 Å². The number of imidazole rings is 1. The summed E-state index contributed by atoms with van der Waals surface area (Å²) >= 11 is 4.10. The zero-order chi connectivity index (χ0) is 26.7. The maximum absolute atomic E-state index is 13.1. The average Bonchev–Trinajstić information content (AvgIpc) is 3.34. The van der Waals surface area contributed by atoms with Gasteiger partial charge in [-0.3, -0.25) is 19.2 Å². The maximum Gasteiger partial charge on any atom is 0.326 e. The molecular weight excluding hydrogens is 490 g/mol. The number of carboxylic acids is 1. The Hall–Kier alpha value is -3.91. The molecule has 1 heterocycles. The van der Waals surface area contributed by atoms with Crippen LogP contribution in [0.1, 0.15) is 17.7 Å². The molecule has 9 N–H and O–H groups in total. The van der Waals surface area contributed by atoms with E-state index in [1.165, 1.54) is 12.5 Å². The molecule has 4 amide bonds.